The quantitative estimate of drug-likeness (QED) is 0.0963. The molecule has 0 amide bonds. The smallest absolute Gasteiger partial charge is 0.336 e. The van der Waals surface area contributed by atoms with E-state index in [1.54, 1.807) is 43.6 Å². The molecule has 280 valence electrons. The first-order valence-electron chi connectivity index (χ1n) is 17.8. The number of esters is 1. The lowest BCUT2D eigenvalue weighted by molar-refractivity contribution is -0.165. The highest BCUT2D eigenvalue weighted by Crippen LogP contribution is 2.53. The van der Waals surface area contributed by atoms with Crippen LogP contribution >= 0.6 is 0 Å². The summed E-state index contributed by atoms with van der Waals surface area (Å²) in [7, 11) is 0. The SMILES string of the molecule is C/C=C(/CO)C(=O)O[C@@H]1Cc2c3c(c4oc(CO)cc(=O)c4c2O)[C@@H](Cc2cccc(O)c2)c2ccnc(N)c2CC[C@@H](Cc2ccc(N)nc2)[C@]1(C)O3. The molecule has 4 atom stereocenters. The maximum Gasteiger partial charge on any atom is 0.336 e. The third-order valence-electron chi connectivity index (χ3n) is 10.9. The van der Waals surface area contributed by atoms with Gasteiger partial charge in [-0.05, 0) is 86.1 Å². The van der Waals surface area contributed by atoms with Gasteiger partial charge in [0.1, 0.15) is 63.9 Å². The molecule has 2 bridgehead atoms. The van der Waals surface area contributed by atoms with Crippen LogP contribution in [0, 0.1) is 5.92 Å². The van der Waals surface area contributed by atoms with Crippen molar-refractivity contribution < 1.29 is 39.1 Å². The summed E-state index contributed by atoms with van der Waals surface area (Å²) >= 11 is 0. The second kappa shape index (κ2) is 14.5. The number of pyridine rings is 2. The van der Waals surface area contributed by atoms with Crippen LogP contribution in [0.5, 0.6) is 17.2 Å². The molecular formula is C41H42N4O9. The Labute approximate surface area is 310 Å². The molecule has 0 radical (unpaired) electrons. The highest BCUT2D eigenvalue weighted by atomic mass is 16.6. The molecule has 3 aromatic heterocycles. The van der Waals surface area contributed by atoms with Crippen molar-refractivity contribution >= 4 is 28.6 Å². The van der Waals surface area contributed by atoms with Crippen LogP contribution < -0.4 is 21.6 Å². The summed E-state index contributed by atoms with van der Waals surface area (Å²) in [5.74, 6) is -1.27. The second-order valence-corrected chi connectivity index (χ2v) is 14.1. The third kappa shape index (κ3) is 6.49. The van der Waals surface area contributed by atoms with E-state index in [1.165, 1.54) is 6.08 Å². The van der Waals surface area contributed by atoms with Crippen molar-refractivity contribution in [3.05, 3.63) is 122 Å². The topological polar surface area (TPSA) is 224 Å². The molecule has 0 unspecified atom stereocenters. The number of nitrogens with two attached hydrogens (primary N) is 2. The number of hydrogen-bond donors (Lipinski definition) is 6. The summed E-state index contributed by atoms with van der Waals surface area (Å²) in [5, 5.41) is 42.5. The van der Waals surface area contributed by atoms with Crippen molar-refractivity contribution in [1.29, 1.82) is 0 Å². The molecule has 13 nitrogen and oxygen atoms in total. The van der Waals surface area contributed by atoms with Crippen LogP contribution in [-0.2, 0) is 41.8 Å². The number of fused-ring (bicyclic) bond motifs is 4. The van der Waals surface area contributed by atoms with Gasteiger partial charge in [0.2, 0.25) is 0 Å². The predicted octanol–water partition coefficient (Wildman–Crippen LogP) is 4.37. The maximum atomic E-state index is 13.8. The van der Waals surface area contributed by atoms with Gasteiger partial charge in [0.25, 0.3) is 0 Å². The lowest BCUT2D eigenvalue weighted by Crippen LogP contribution is -2.57. The van der Waals surface area contributed by atoms with Crippen molar-refractivity contribution in [3.63, 3.8) is 0 Å². The Kier molecular flexibility index (Phi) is 9.77. The number of nitrogen functional groups attached to an aromatic ring is 2. The normalized spacial score (nSPS) is 20.9. The molecule has 7 rings (SSSR count). The average Bonchev–Trinajstić information content (AvgIpc) is 3.14. The third-order valence-corrected chi connectivity index (χ3v) is 10.9. The van der Waals surface area contributed by atoms with E-state index in [1.807, 2.05) is 25.1 Å². The number of nitrogens with zero attached hydrogens (tertiary/aromatic N) is 2. The molecule has 2 aliphatic heterocycles. The fourth-order valence-corrected chi connectivity index (χ4v) is 8.00. The van der Waals surface area contributed by atoms with Crippen LogP contribution in [0.3, 0.4) is 0 Å². The number of carbonyl (C=O) groups excluding carboxylic acids is 1. The number of carbonyl (C=O) groups is 1. The van der Waals surface area contributed by atoms with Crippen LogP contribution in [0.25, 0.3) is 11.0 Å². The van der Waals surface area contributed by atoms with Gasteiger partial charge < -0.3 is 45.8 Å². The van der Waals surface area contributed by atoms with Gasteiger partial charge in [-0.15, -0.1) is 0 Å². The maximum absolute atomic E-state index is 13.8. The van der Waals surface area contributed by atoms with Crippen molar-refractivity contribution in [2.24, 2.45) is 5.92 Å². The molecule has 0 spiro atoms. The lowest BCUT2D eigenvalue weighted by Gasteiger charge is -2.48. The molecular weight excluding hydrogens is 692 g/mol. The van der Waals surface area contributed by atoms with Crippen LogP contribution in [-0.4, -0.2) is 54.7 Å². The van der Waals surface area contributed by atoms with E-state index >= 15 is 0 Å². The lowest BCUT2D eigenvalue weighted by atomic mass is 9.71. The van der Waals surface area contributed by atoms with Gasteiger partial charge in [-0.1, -0.05) is 24.3 Å². The highest BCUT2D eigenvalue weighted by molar-refractivity contribution is 5.92. The second-order valence-electron chi connectivity index (χ2n) is 14.1. The number of benzene rings is 2. The van der Waals surface area contributed by atoms with Crippen molar-refractivity contribution in [2.75, 3.05) is 18.1 Å². The zero-order chi connectivity index (χ0) is 38.3. The Morgan fingerprint density at radius 2 is 1.87 bits per heavy atom. The van der Waals surface area contributed by atoms with Crippen LogP contribution in [0.2, 0.25) is 0 Å². The van der Waals surface area contributed by atoms with E-state index in [9.17, 15) is 30.0 Å². The molecule has 0 saturated carbocycles. The summed E-state index contributed by atoms with van der Waals surface area (Å²) in [5.41, 5.74) is 14.5. The minimum absolute atomic E-state index is 0.0171. The number of hydrogen-bond acceptors (Lipinski definition) is 13. The zero-order valence-corrected chi connectivity index (χ0v) is 29.9. The first-order valence-corrected chi connectivity index (χ1v) is 17.8. The number of anilines is 2. The van der Waals surface area contributed by atoms with E-state index in [0.717, 1.165) is 28.3 Å². The van der Waals surface area contributed by atoms with Gasteiger partial charge in [0.15, 0.2) is 5.43 Å². The van der Waals surface area contributed by atoms with Crippen molar-refractivity contribution in [2.45, 2.75) is 70.2 Å². The van der Waals surface area contributed by atoms with Crippen molar-refractivity contribution in [1.82, 2.24) is 9.97 Å². The number of aliphatic hydroxyl groups excluding tert-OH is 2. The first-order chi connectivity index (χ1) is 25.9. The summed E-state index contributed by atoms with van der Waals surface area (Å²) in [4.78, 5) is 36.2. The molecule has 0 aliphatic carbocycles. The fraction of sp³-hybridized carbons (Fsp3) is 0.317. The Morgan fingerprint density at radius 1 is 1.06 bits per heavy atom. The van der Waals surface area contributed by atoms with Gasteiger partial charge in [0.05, 0.1) is 12.2 Å². The number of ether oxygens (including phenoxy) is 2. The predicted molar refractivity (Wildman–Crippen MR) is 200 cm³/mol. The van der Waals surface area contributed by atoms with E-state index in [2.05, 4.69) is 9.97 Å². The summed E-state index contributed by atoms with van der Waals surface area (Å²) in [6, 6.07) is 13.4. The molecule has 2 aromatic carbocycles. The van der Waals surface area contributed by atoms with Gasteiger partial charge in [-0.25, -0.2) is 14.8 Å². The minimum atomic E-state index is -1.30. The standard InChI is InChI=1S/C41H42N4O9/c1-3-23(19-46)40(51)53-32-17-30-36(50)35-31(49)16-26(20-47)52-38(35)34-29(15-21-5-4-6-25(48)14-21)27-11-12-44-39(43)28(27)9-8-24(41(32,2)54-37(30)34)13-22-7-10-33(42)45-18-22/h3-7,10-12,14,16,18,24,29,32,46-48,50H,8-9,13,15,17,19-20H2,1-2H3,(H2,42,45)(H2,43,44)/b23-3-/t24-,29-,32+,41-/m0/s1. The summed E-state index contributed by atoms with van der Waals surface area (Å²) in [6.07, 6.45) is 5.24. The number of aromatic nitrogens is 2. The molecule has 5 heterocycles. The van der Waals surface area contributed by atoms with Gasteiger partial charge in [0, 0.05) is 47.8 Å². The van der Waals surface area contributed by atoms with Crippen LogP contribution in [0.15, 0.2) is 81.8 Å². The first kappa shape index (κ1) is 36.4. The monoisotopic (exact) mass is 734 g/mol. The molecule has 2 aliphatic rings. The summed E-state index contributed by atoms with van der Waals surface area (Å²) < 4.78 is 19.7. The Bertz CT molecular complexity index is 2340. The van der Waals surface area contributed by atoms with E-state index in [4.69, 9.17) is 25.4 Å². The largest absolute Gasteiger partial charge is 0.508 e. The number of aromatic hydroxyl groups is 2. The van der Waals surface area contributed by atoms with E-state index in [0.29, 0.717) is 36.5 Å². The number of rotatable bonds is 8. The molecule has 8 N–H and O–H groups in total. The van der Waals surface area contributed by atoms with Gasteiger partial charge >= 0.3 is 5.97 Å². The zero-order valence-electron chi connectivity index (χ0n) is 29.9. The highest BCUT2D eigenvalue weighted by Gasteiger charge is 2.52. The molecule has 5 aromatic rings. The molecule has 54 heavy (non-hydrogen) atoms. The number of phenols is 2. The number of aliphatic hydroxyl groups is 2. The van der Waals surface area contributed by atoms with Crippen LogP contribution in [0.4, 0.5) is 11.6 Å². The summed E-state index contributed by atoms with van der Waals surface area (Å²) in [6.45, 7) is 2.33. The number of phenolic OH excluding ortho intramolecular Hbond substituents is 2. The molecule has 0 fully saturated rings. The Morgan fingerprint density at radius 3 is 2.57 bits per heavy atom. The molecule has 0 saturated heterocycles. The minimum Gasteiger partial charge on any atom is -0.508 e. The average molecular weight is 735 g/mol. The van der Waals surface area contributed by atoms with E-state index in [-0.39, 0.29) is 52.2 Å². The van der Waals surface area contributed by atoms with Crippen molar-refractivity contribution in [3.8, 4) is 17.2 Å². The van der Waals surface area contributed by atoms with E-state index < -0.39 is 53.9 Å². The van der Waals surface area contributed by atoms with Gasteiger partial charge in [-0.2, -0.15) is 0 Å². The Balaban J connectivity index is 1.56. The fourth-order valence-electron chi connectivity index (χ4n) is 8.00. The van der Waals surface area contributed by atoms with Gasteiger partial charge in [-0.3, -0.25) is 4.79 Å². The Hall–Kier alpha value is -5.92. The molecule has 13 heteroatoms. The van der Waals surface area contributed by atoms with Crippen LogP contribution in [0.1, 0.15) is 65.3 Å². The number of allylic oxidation sites excluding steroid dienone is 1.